The first-order valence-electron chi connectivity index (χ1n) is 6.24. The van der Waals surface area contributed by atoms with E-state index in [0.29, 0.717) is 11.2 Å². The molecular formula is C12H16BrN3S2. The van der Waals surface area contributed by atoms with E-state index in [9.17, 15) is 0 Å². The maximum atomic E-state index is 4.83. The van der Waals surface area contributed by atoms with Gasteiger partial charge in [0.2, 0.25) is 0 Å². The van der Waals surface area contributed by atoms with Crippen molar-refractivity contribution in [3.63, 3.8) is 0 Å². The van der Waals surface area contributed by atoms with Gasteiger partial charge in [0.1, 0.15) is 11.6 Å². The quantitative estimate of drug-likeness (QED) is 0.904. The number of hydrogen-bond donors (Lipinski definition) is 1. The lowest BCUT2D eigenvalue weighted by atomic mass is 10.2. The minimum Gasteiger partial charge on any atom is -0.372 e. The minimum atomic E-state index is 0.460. The van der Waals surface area contributed by atoms with Crippen molar-refractivity contribution in [2.45, 2.75) is 24.0 Å². The summed E-state index contributed by atoms with van der Waals surface area (Å²) in [6.07, 6.45) is 2.54. The van der Waals surface area contributed by atoms with E-state index in [4.69, 9.17) is 4.98 Å². The Morgan fingerprint density at radius 3 is 2.72 bits per heavy atom. The van der Waals surface area contributed by atoms with Gasteiger partial charge in [0.15, 0.2) is 0 Å². The van der Waals surface area contributed by atoms with Gasteiger partial charge in [-0.3, -0.25) is 0 Å². The summed E-state index contributed by atoms with van der Waals surface area (Å²) < 4.78 is 1.06. The van der Waals surface area contributed by atoms with E-state index in [-0.39, 0.29) is 0 Å². The molecule has 1 aromatic rings. The Balaban J connectivity index is 1.95. The number of aromatic nitrogens is 2. The summed E-state index contributed by atoms with van der Waals surface area (Å²) in [4.78, 5) is 9.52. The molecule has 1 aromatic heterocycles. The van der Waals surface area contributed by atoms with Gasteiger partial charge in [0.05, 0.1) is 15.4 Å². The van der Waals surface area contributed by atoms with Crippen LogP contribution in [0, 0.1) is 0 Å². The van der Waals surface area contributed by atoms with Gasteiger partial charge in [0.25, 0.3) is 0 Å². The lowest BCUT2D eigenvalue weighted by Crippen LogP contribution is -2.13. The van der Waals surface area contributed by atoms with Gasteiger partial charge in [0, 0.05) is 30.2 Å². The molecule has 1 N–H and O–H groups in total. The third-order valence-corrected chi connectivity index (χ3v) is 6.73. The Morgan fingerprint density at radius 1 is 1.28 bits per heavy atom. The van der Waals surface area contributed by atoms with Gasteiger partial charge < -0.3 is 5.32 Å². The number of hydrogen-bond acceptors (Lipinski definition) is 5. The Labute approximate surface area is 124 Å². The van der Waals surface area contributed by atoms with Crippen molar-refractivity contribution in [3.8, 4) is 0 Å². The van der Waals surface area contributed by atoms with Gasteiger partial charge in [-0.05, 0) is 28.8 Å². The predicted octanol–water partition coefficient (Wildman–Crippen LogP) is 3.68. The molecule has 0 radical (unpaired) electrons. The van der Waals surface area contributed by atoms with Crippen LogP contribution in [-0.2, 0) is 0 Å². The Morgan fingerprint density at radius 2 is 2.11 bits per heavy atom. The molecule has 18 heavy (non-hydrogen) atoms. The van der Waals surface area contributed by atoms with E-state index in [1.54, 1.807) is 0 Å². The maximum Gasteiger partial charge on any atom is 0.144 e. The second-order valence-electron chi connectivity index (χ2n) is 4.59. The second kappa shape index (κ2) is 5.59. The standard InChI is InChI=1S/C12H16BrN3S2/c1-14-12-9(13)10(7-2-3-7)15-11(16-12)8-6-17-4-5-18-8/h7-8H,2-6H2,1H3,(H,14,15,16). The van der Waals surface area contributed by atoms with Crippen molar-refractivity contribution in [2.75, 3.05) is 29.6 Å². The fourth-order valence-electron chi connectivity index (χ4n) is 2.06. The van der Waals surface area contributed by atoms with Gasteiger partial charge in [-0.25, -0.2) is 9.97 Å². The van der Waals surface area contributed by atoms with Gasteiger partial charge in [-0.2, -0.15) is 11.8 Å². The number of nitrogens with zero attached hydrogens (tertiary/aromatic N) is 2. The molecule has 0 spiro atoms. The molecule has 0 amide bonds. The monoisotopic (exact) mass is 345 g/mol. The molecule has 2 fully saturated rings. The summed E-state index contributed by atoms with van der Waals surface area (Å²) in [5.41, 5.74) is 1.21. The Kier molecular flexibility index (Phi) is 4.06. The van der Waals surface area contributed by atoms with E-state index in [0.717, 1.165) is 21.9 Å². The Hall–Kier alpha value is 0.0600. The van der Waals surface area contributed by atoms with Crippen molar-refractivity contribution in [3.05, 3.63) is 16.0 Å². The molecule has 1 atom stereocenters. The zero-order valence-corrected chi connectivity index (χ0v) is 13.5. The van der Waals surface area contributed by atoms with Crippen LogP contribution in [0.3, 0.4) is 0 Å². The molecule has 1 saturated heterocycles. The molecule has 0 bridgehead atoms. The van der Waals surface area contributed by atoms with E-state index in [2.05, 4.69) is 26.2 Å². The molecule has 1 aliphatic heterocycles. The number of thioether (sulfide) groups is 2. The van der Waals surface area contributed by atoms with Crippen LogP contribution in [0.15, 0.2) is 4.47 Å². The average molecular weight is 346 g/mol. The van der Waals surface area contributed by atoms with E-state index in [1.165, 1.54) is 30.0 Å². The van der Waals surface area contributed by atoms with Crippen LogP contribution in [0.1, 0.15) is 35.5 Å². The molecule has 1 saturated carbocycles. The maximum absolute atomic E-state index is 4.83. The van der Waals surface area contributed by atoms with Crippen molar-refractivity contribution < 1.29 is 0 Å². The van der Waals surface area contributed by atoms with E-state index >= 15 is 0 Å². The smallest absolute Gasteiger partial charge is 0.144 e. The van der Waals surface area contributed by atoms with Gasteiger partial charge in [-0.15, -0.1) is 11.8 Å². The SMILES string of the molecule is CNc1nc(C2CSCCS2)nc(C2CC2)c1Br. The number of anilines is 1. The van der Waals surface area contributed by atoms with Crippen LogP contribution in [-0.4, -0.2) is 34.3 Å². The highest BCUT2D eigenvalue weighted by Gasteiger charge is 2.31. The zero-order chi connectivity index (χ0) is 12.5. The molecule has 6 heteroatoms. The van der Waals surface area contributed by atoms with Crippen LogP contribution in [0.25, 0.3) is 0 Å². The summed E-state index contributed by atoms with van der Waals surface area (Å²) in [6.45, 7) is 0. The molecule has 98 valence electrons. The topological polar surface area (TPSA) is 37.8 Å². The number of rotatable bonds is 3. The normalized spacial score (nSPS) is 24.0. The summed E-state index contributed by atoms with van der Waals surface area (Å²) in [7, 11) is 1.93. The first-order chi connectivity index (χ1) is 8.79. The minimum absolute atomic E-state index is 0.460. The van der Waals surface area contributed by atoms with Crippen molar-refractivity contribution in [1.29, 1.82) is 0 Å². The fourth-order valence-corrected chi connectivity index (χ4v) is 5.35. The molecule has 0 aromatic carbocycles. The summed E-state index contributed by atoms with van der Waals surface area (Å²) >= 11 is 7.65. The van der Waals surface area contributed by atoms with Crippen LogP contribution in [0.5, 0.6) is 0 Å². The number of nitrogens with one attached hydrogen (secondary N) is 1. The highest BCUT2D eigenvalue weighted by Crippen LogP contribution is 2.45. The van der Waals surface area contributed by atoms with E-state index in [1.807, 2.05) is 30.6 Å². The third-order valence-electron chi connectivity index (χ3n) is 3.20. The molecule has 1 aliphatic carbocycles. The van der Waals surface area contributed by atoms with Crippen molar-refractivity contribution >= 4 is 45.3 Å². The summed E-state index contributed by atoms with van der Waals surface area (Å²) in [5, 5.41) is 3.64. The van der Waals surface area contributed by atoms with Crippen molar-refractivity contribution in [2.24, 2.45) is 0 Å². The summed E-state index contributed by atoms with van der Waals surface area (Å²) in [5.74, 6) is 6.21. The highest BCUT2D eigenvalue weighted by atomic mass is 79.9. The molecule has 2 aliphatic rings. The predicted molar refractivity (Wildman–Crippen MR) is 83.8 cm³/mol. The molecule has 2 heterocycles. The zero-order valence-electron chi connectivity index (χ0n) is 10.3. The second-order valence-corrected chi connectivity index (χ2v) is 7.84. The number of halogens is 1. The highest BCUT2D eigenvalue weighted by molar-refractivity contribution is 9.10. The third kappa shape index (κ3) is 2.65. The van der Waals surface area contributed by atoms with Crippen LogP contribution >= 0.6 is 39.5 Å². The van der Waals surface area contributed by atoms with E-state index < -0.39 is 0 Å². The molecule has 3 rings (SSSR count). The Bertz CT molecular complexity index is 445. The largest absolute Gasteiger partial charge is 0.372 e. The van der Waals surface area contributed by atoms with Crippen molar-refractivity contribution in [1.82, 2.24) is 9.97 Å². The van der Waals surface area contributed by atoms with Crippen LogP contribution < -0.4 is 5.32 Å². The lowest BCUT2D eigenvalue weighted by molar-refractivity contribution is 0.867. The average Bonchev–Trinajstić information content (AvgIpc) is 3.24. The summed E-state index contributed by atoms with van der Waals surface area (Å²) in [6, 6.07) is 0. The lowest BCUT2D eigenvalue weighted by Gasteiger charge is -2.21. The fraction of sp³-hybridized carbons (Fsp3) is 0.667. The van der Waals surface area contributed by atoms with Crippen LogP contribution in [0.4, 0.5) is 5.82 Å². The van der Waals surface area contributed by atoms with Gasteiger partial charge >= 0.3 is 0 Å². The first-order valence-corrected chi connectivity index (χ1v) is 9.23. The molecule has 3 nitrogen and oxygen atoms in total. The van der Waals surface area contributed by atoms with Gasteiger partial charge in [-0.1, -0.05) is 0 Å². The first kappa shape index (κ1) is 13.1. The molecule has 1 unspecified atom stereocenters. The molecular weight excluding hydrogens is 330 g/mol. The van der Waals surface area contributed by atoms with Crippen LogP contribution in [0.2, 0.25) is 0 Å².